The molecule has 0 spiro atoms. The molecule has 0 radical (unpaired) electrons. The van der Waals surface area contributed by atoms with Crippen LogP contribution in [0.25, 0.3) is 6.08 Å². The van der Waals surface area contributed by atoms with Crippen LogP contribution in [-0.4, -0.2) is 43.1 Å². The van der Waals surface area contributed by atoms with Crippen molar-refractivity contribution in [2.24, 2.45) is 0 Å². The minimum absolute atomic E-state index is 0.0229. The monoisotopic (exact) mass is 316 g/mol. The number of piperidine rings is 1. The van der Waals surface area contributed by atoms with Gasteiger partial charge in [0.2, 0.25) is 5.91 Å². The summed E-state index contributed by atoms with van der Waals surface area (Å²) < 4.78 is 5.57. The van der Waals surface area contributed by atoms with Gasteiger partial charge >= 0.3 is 0 Å². The lowest BCUT2D eigenvalue weighted by atomic mass is 10.0. The number of benzene rings is 1. The van der Waals surface area contributed by atoms with Crippen LogP contribution in [0, 0.1) is 0 Å². The van der Waals surface area contributed by atoms with Crippen molar-refractivity contribution < 1.29 is 9.53 Å². The van der Waals surface area contributed by atoms with Crippen LogP contribution < -0.4 is 10.1 Å². The van der Waals surface area contributed by atoms with Crippen molar-refractivity contribution >= 4 is 12.0 Å². The molecule has 0 saturated carbocycles. The van der Waals surface area contributed by atoms with Gasteiger partial charge in [0.05, 0.1) is 6.61 Å². The van der Waals surface area contributed by atoms with Crippen molar-refractivity contribution in [1.82, 2.24) is 10.2 Å². The summed E-state index contributed by atoms with van der Waals surface area (Å²) >= 11 is 0. The van der Waals surface area contributed by atoms with Crippen LogP contribution >= 0.6 is 0 Å². The number of amides is 1. The summed E-state index contributed by atoms with van der Waals surface area (Å²) in [5.41, 5.74) is 0.933. The van der Waals surface area contributed by atoms with Crippen LogP contribution in [0.15, 0.2) is 30.3 Å². The number of nitrogens with zero attached hydrogens (tertiary/aromatic N) is 1. The fourth-order valence-corrected chi connectivity index (χ4v) is 2.94. The van der Waals surface area contributed by atoms with Gasteiger partial charge in [-0.3, -0.25) is 4.79 Å². The molecule has 1 aromatic carbocycles. The summed E-state index contributed by atoms with van der Waals surface area (Å²) in [5, 5.41) is 3.11. The molecule has 4 nitrogen and oxygen atoms in total. The van der Waals surface area contributed by atoms with E-state index in [1.807, 2.05) is 37.3 Å². The Morgan fingerprint density at radius 3 is 2.74 bits per heavy atom. The van der Waals surface area contributed by atoms with Crippen LogP contribution in [0.5, 0.6) is 5.75 Å². The van der Waals surface area contributed by atoms with E-state index in [1.165, 1.54) is 6.42 Å². The molecular formula is C19H28N2O2. The largest absolute Gasteiger partial charge is 0.493 e. The van der Waals surface area contributed by atoms with Crippen molar-refractivity contribution in [2.45, 2.75) is 39.2 Å². The third kappa shape index (κ3) is 5.71. The van der Waals surface area contributed by atoms with Gasteiger partial charge in [0.25, 0.3) is 0 Å². The molecule has 1 amide bonds. The van der Waals surface area contributed by atoms with E-state index in [4.69, 9.17) is 4.74 Å². The number of carbonyl (C=O) groups is 1. The zero-order chi connectivity index (χ0) is 16.5. The minimum atomic E-state index is -0.0229. The average Bonchev–Trinajstić information content (AvgIpc) is 2.56. The number of carbonyl (C=O) groups excluding carboxylic acids is 1. The maximum absolute atomic E-state index is 12.1. The second-order valence-corrected chi connectivity index (χ2v) is 5.93. The molecule has 23 heavy (non-hydrogen) atoms. The molecule has 2 rings (SSSR count). The fourth-order valence-electron chi connectivity index (χ4n) is 2.94. The first-order valence-electron chi connectivity index (χ1n) is 8.65. The van der Waals surface area contributed by atoms with Gasteiger partial charge in [-0.05, 0) is 44.9 Å². The lowest BCUT2D eigenvalue weighted by molar-refractivity contribution is -0.117. The molecule has 0 aromatic heterocycles. The standard InChI is InChI=1S/C19H28N2O2/c1-3-13-21-14-11-17(12-15-21)20-19(22)10-9-16-7-5-6-8-18(16)23-4-2/h5-10,17H,3-4,11-15H2,1-2H3,(H,20,22)/b10-9+. The molecular weight excluding hydrogens is 288 g/mol. The van der Waals surface area contributed by atoms with E-state index in [0.717, 1.165) is 43.8 Å². The van der Waals surface area contributed by atoms with Crippen LogP contribution in [0.1, 0.15) is 38.7 Å². The van der Waals surface area contributed by atoms with E-state index >= 15 is 0 Å². The highest BCUT2D eigenvalue weighted by Gasteiger charge is 2.19. The Morgan fingerprint density at radius 1 is 1.30 bits per heavy atom. The summed E-state index contributed by atoms with van der Waals surface area (Å²) in [6.07, 6.45) is 6.70. The van der Waals surface area contributed by atoms with Gasteiger partial charge in [0.15, 0.2) is 0 Å². The van der Waals surface area contributed by atoms with Gasteiger partial charge in [-0.2, -0.15) is 0 Å². The molecule has 0 aliphatic carbocycles. The van der Waals surface area contributed by atoms with Crippen molar-refractivity contribution in [2.75, 3.05) is 26.2 Å². The Labute approximate surface area is 139 Å². The van der Waals surface area contributed by atoms with E-state index in [-0.39, 0.29) is 5.91 Å². The molecule has 1 aliphatic heterocycles. The van der Waals surface area contributed by atoms with Gasteiger partial charge < -0.3 is 15.0 Å². The summed E-state index contributed by atoms with van der Waals surface area (Å²) in [6.45, 7) is 8.10. The molecule has 1 aliphatic rings. The fraction of sp³-hybridized carbons (Fsp3) is 0.526. The Balaban J connectivity index is 1.83. The molecule has 0 unspecified atom stereocenters. The molecule has 126 valence electrons. The lowest BCUT2D eigenvalue weighted by Gasteiger charge is -2.31. The van der Waals surface area contributed by atoms with Gasteiger partial charge in [0, 0.05) is 30.8 Å². The van der Waals surface area contributed by atoms with Crippen LogP contribution in [0.2, 0.25) is 0 Å². The predicted molar refractivity (Wildman–Crippen MR) is 94.5 cm³/mol. The molecule has 1 N–H and O–H groups in total. The van der Waals surface area contributed by atoms with E-state index in [9.17, 15) is 4.79 Å². The third-order valence-electron chi connectivity index (χ3n) is 4.11. The molecule has 0 bridgehead atoms. The molecule has 0 atom stereocenters. The number of ether oxygens (including phenoxy) is 1. The molecule has 1 aromatic rings. The number of nitrogens with one attached hydrogen (secondary N) is 1. The first kappa shape index (κ1) is 17.5. The number of hydrogen-bond donors (Lipinski definition) is 1. The Kier molecular flexibility index (Phi) is 7.14. The Hall–Kier alpha value is -1.81. The van der Waals surface area contributed by atoms with Crippen molar-refractivity contribution in [1.29, 1.82) is 0 Å². The van der Waals surface area contributed by atoms with Gasteiger partial charge in [-0.1, -0.05) is 25.1 Å². The number of para-hydroxylation sites is 1. The second-order valence-electron chi connectivity index (χ2n) is 5.93. The number of rotatable bonds is 7. The van der Waals surface area contributed by atoms with E-state index in [0.29, 0.717) is 12.6 Å². The highest BCUT2D eigenvalue weighted by Crippen LogP contribution is 2.19. The quantitative estimate of drug-likeness (QED) is 0.786. The van der Waals surface area contributed by atoms with E-state index in [1.54, 1.807) is 6.08 Å². The van der Waals surface area contributed by atoms with Crippen LogP contribution in [0.4, 0.5) is 0 Å². The van der Waals surface area contributed by atoms with Gasteiger partial charge in [-0.25, -0.2) is 0 Å². The topological polar surface area (TPSA) is 41.6 Å². The SMILES string of the molecule is CCCN1CCC(NC(=O)/C=C/c2ccccc2OCC)CC1. The molecule has 1 fully saturated rings. The van der Waals surface area contributed by atoms with E-state index < -0.39 is 0 Å². The van der Waals surface area contributed by atoms with E-state index in [2.05, 4.69) is 17.1 Å². The second kappa shape index (κ2) is 9.36. The first-order valence-corrected chi connectivity index (χ1v) is 8.65. The van der Waals surface area contributed by atoms with Crippen molar-refractivity contribution in [3.05, 3.63) is 35.9 Å². The zero-order valence-electron chi connectivity index (χ0n) is 14.3. The van der Waals surface area contributed by atoms with Gasteiger partial charge in [-0.15, -0.1) is 0 Å². The van der Waals surface area contributed by atoms with Crippen LogP contribution in [-0.2, 0) is 4.79 Å². The predicted octanol–water partition coefficient (Wildman–Crippen LogP) is 3.09. The highest BCUT2D eigenvalue weighted by molar-refractivity contribution is 5.92. The minimum Gasteiger partial charge on any atom is -0.493 e. The Morgan fingerprint density at radius 2 is 2.04 bits per heavy atom. The maximum atomic E-state index is 12.1. The summed E-state index contributed by atoms with van der Waals surface area (Å²) in [7, 11) is 0. The van der Waals surface area contributed by atoms with Gasteiger partial charge in [0.1, 0.15) is 5.75 Å². The smallest absolute Gasteiger partial charge is 0.244 e. The summed E-state index contributed by atoms with van der Waals surface area (Å²) in [5.74, 6) is 0.789. The number of hydrogen-bond acceptors (Lipinski definition) is 3. The van der Waals surface area contributed by atoms with Crippen molar-refractivity contribution in [3.63, 3.8) is 0 Å². The summed E-state index contributed by atoms with van der Waals surface area (Å²) in [6, 6.07) is 8.06. The molecule has 4 heteroatoms. The maximum Gasteiger partial charge on any atom is 0.244 e. The first-order chi connectivity index (χ1) is 11.2. The zero-order valence-corrected chi connectivity index (χ0v) is 14.3. The normalized spacial score (nSPS) is 16.6. The highest BCUT2D eigenvalue weighted by atomic mass is 16.5. The Bertz CT molecular complexity index is 520. The average molecular weight is 316 g/mol. The lowest BCUT2D eigenvalue weighted by Crippen LogP contribution is -2.44. The van der Waals surface area contributed by atoms with Crippen molar-refractivity contribution in [3.8, 4) is 5.75 Å². The summed E-state index contributed by atoms with van der Waals surface area (Å²) in [4.78, 5) is 14.6. The van der Waals surface area contributed by atoms with Crippen LogP contribution in [0.3, 0.4) is 0 Å². The molecule has 1 heterocycles. The third-order valence-corrected chi connectivity index (χ3v) is 4.11. The number of likely N-dealkylation sites (tertiary alicyclic amines) is 1. The molecule has 1 saturated heterocycles.